The van der Waals surface area contributed by atoms with Gasteiger partial charge in [0, 0.05) is 12.0 Å². The molecule has 3 heteroatoms. The predicted octanol–water partition coefficient (Wildman–Crippen LogP) is 2.99. The molecule has 82 valence electrons. The van der Waals surface area contributed by atoms with Crippen molar-refractivity contribution in [2.75, 3.05) is 6.54 Å². The molecule has 15 heavy (non-hydrogen) atoms. The van der Waals surface area contributed by atoms with Gasteiger partial charge in [-0.25, -0.2) is 8.78 Å². The fraction of sp³-hybridized carbons (Fsp3) is 0.500. The normalized spacial score (nSPS) is 26.9. The van der Waals surface area contributed by atoms with Crippen LogP contribution < -0.4 is 5.32 Å². The first-order valence-corrected chi connectivity index (χ1v) is 5.34. The molecule has 1 nitrogen and oxygen atoms in total. The van der Waals surface area contributed by atoms with Crippen LogP contribution in [0.5, 0.6) is 0 Å². The Morgan fingerprint density at radius 3 is 2.60 bits per heavy atom. The van der Waals surface area contributed by atoms with E-state index in [1.807, 2.05) is 30.3 Å². The van der Waals surface area contributed by atoms with Crippen LogP contribution >= 0.6 is 0 Å². The van der Waals surface area contributed by atoms with Crippen LogP contribution in [0.3, 0.4) is 0 Å². The van der Waals surface area contributed by atoms with Crippen molar-refractivity contribution < 1.29 is 8.78 Å². The van der Waals surface area contributed by atoms with E-state index in [0.29, 0.717) is 19.4 Å². The molecule has 1 aromatic rings. The molecule has 1 aromatic carbocycles. The second-order valence-electron chi connectivity index (χ2n) is 4.04. The summed E-state index contributed by atoms with van der Waals surface area (Å²) in [5.41, 5.74) is 1.11. The Bertz CT molecular complexity index is 300. The molecule has 1 aliphatic heterocycles. The maximum atomic E-state index is 12.6. The van der Waals surface area contributed by atoms with Gasteiger partial charge in [0.05, 0.1) is 0 Å². The second kappa shape index (κ2) is 4.71. The molecular formula is C12H15F2N. The average molecular weight is 211 g/mol. The van der Waals surface area contributed by atoms with Crippen LogP contribution in [0.4, 0.5) is 8.78 Å². The summed E-state index contributed by atoms with van der Waals surface area (Å²) < 4.78 is 25.2. The van der Waals surface area contributed by atoms with Crippen molar-refractivity contribution in [2.45, 2.75) is 25.3 Å². The molecule has 2 atom stereocenters. The molecule has 0 aliphatic carbocycles. The summed E-state index contributed by atoms with van der Waals surface area (Å²) in [6.45, 7) is 0.689. The SMILES string of the molecule is FC(F)[C@H]1CCN[C@@H](c2ccccc2)C1. The third-order valence-corrected chi connectivity index (χ3v) is 3.00. The molecule has 0 spiro atoms. The molecule has 0 radical (unpaired) electrons. The lowest BCUT2D eigenvalue weighted by atomic mass is 9.89. The third kappa shape index (κ3) is 2.53. The van der Waals surface area contributed by atoms with Gasteiger partial charge in [0.25, 0.3) is 0 Å². The highest BCUT2D eigenvalue weighted by Gasteiger charge is 2.28. The van der Waals surface area contributed by atoms with Gasteiger partial charge in [-0.05, 0) is 24.9 Å². The van der Waals surface area contributed by atoms with E-state index >= 15 is 0 Å². The number of piperidine rings is 1. The molecule has 0 saturated carbocycles. The first kappa shape index (κ1) is 10.6. The molecule has 0 amide bonds. The number of hydrogen-bond acceptors (Lipinski definition) is 1. The van der Waals surface area contributed by atoms with E-state index in [0.717, 1.165) is 5.56 Å². The van der Waals surface area contributed by atoms with E-state index in [4.69, 9.17) is 0 Å². The lowest BCUT2D eigenvalue weighted by Gasteiger charge is -2.30. The van der Waals surface area contributed by atoms with E-state index in [1.54, 1.807) is 0 Å². The highest BCUT2D eigenvalue weighted by molar-refractivity contribution is 5.19. The minimum absolute atomic E-state index is 0.0962. The van der Waals surface area contributed by atoms with Crippen molar-refractivity contribution in [3.63, 3.8) is 0 Å². The van der Waals surface area contributed by atoms with E-state index in [1.165, 1.54) is 0 Å². The standard InChI is InChI=1S/C12H15F2N/c13-12(14)10-6-7-15-11(8-10)9-4-2-1-3-5-9/h1-5,10-12,15H,6-8H2/t10-,11+/m0/s1. The van der Waals surface area contributed by atoms with E-state index < -0.39 is 12.3 Å². The summed E-state index contributed by atoms with van der Waals surface area (Å²) in [6, 6.07) is 9.92. The number of rotatable bonds is 2. The zero-order valence-corrected chi connectivity index (χ0v) is 8.50. The van der Waals surface area contributed by atoms with Crippen LogP contribution in [0.2, 0.25) is 0 Å². The minimum atomic E-state index is -2.18. The van der Waals surface area contributed by atoms with Gasteiger partial charge in [-0.3, -0.25) is 0 Å². The highest BCUT2D eigenvalue weighted by atomic mass is 19.3. The van der Waals surface area contributed by atoms with Gasteiger partial charge < -0.3 is 5.32 Å². The molecule has 1 fully saturated rings. The highest BCUT2D eigenvalue weighted by Crippen LogP contribution is 2.30. The second-order valence-corrected chi connectivity index (χ2v) is 4.04. The number of halogens is 2. The van der Waals surface area contributed by atoms with Gasteiger partial charge in [-0.2, -0.15) is 0 Å². The number of benzene rings is 1. The summed E-state index contributed by atoms with van der Waals surface area (Å²) in [6.07, 6.45) is -1.05. The molecule has 1 heterocycles. The first-order valence-electron chi connectivity index (χ1n) is 5.34. The van der Waals surface area contributed by atoms with Crippen LogP contribution in [-0.4, -0.2) is 13.0 Å². The largest absolute Gasteiger partial charge is 0.310 e. The summed E-state index contributed by atoms with van der Waals surface area (Å²) in [4.78, 5) is 0. The van der Waals surface area contributed by atoms with Gasteiger partial charge in [0.1, 0.15) is 0 Å². The van der Waals surface area contributed by atoms with Crippen molar-refractivity contribution in [3.8, 4) is 0 Å². The first-order chi connectivity index (χ1) is 7.27. The fourth-order valence-electron chi connectivity index (χ4n) is 2.12. The van der Waals surface area contributed by atoms with Crippen LogP contribution in [0.15, 0.2) is 30.3 Å². The van der Waals surface area contributed by atoms with Crippen LogP contribution in [-0.2, 0) is 0 Å². The Balaban J connectivity index is 2.05. The lowest BCUT2D eigenvalue weighted by molar-refractivity contribution is 0.0500. The topological polar surface area (TPSA) is 12.0 Å². The van der Waals surface area contributed by atoms with Crippen molar-refractivity contribution in [1.82, 2.24) is 5.32 Å². The summed E-state index contributed by atoms with van der Waals surface area (Å²) in [5.74, 6) is -0.448. The lowest BCUT2D eigenvalue weighted by Crippen LogP contribution is -2.34. The van der Waals surface area contributed by atoms with Crippen LogP contribution in [0.25, 0.3) is 0 Å². The molecular weight excluding hydrogens is 196 g/mol. The molecule has 1 N–H and O–H groups in total. The zero-order valence-electron chi connectivity index (χ0n) is 8.50. The molecule has 1 saturated heterocycles. The van der Waals surface area contributed by atoms with Crippen molar-refractivity contribution in [2.24, 2.45) is 5.92 Å². The number of hydrogen-bond donors (Lipinski definition) is 1. The Morgan fingerprint density at radius 1 is 1.20 bits per heavy atom. The van der Waals surface area contributed by atoms with E-state index in [-0.39, 0.29) is 6.04 Å². The maximum Gasteiger partial charge on any atom is 0.241 e. The molecule has 0 unspecified atom stereocenters. The van der Waals surface area contributed by atoms with Gasteiger partial charge in [-0.1, -0.05) is 30.3 Å². The minimum Gasteiger partial charge on any atom is -0.310 e. The smallest absolute Gasteiger partial charge is 0.241 e. The average Bonchev–Trinajstić information content (AvgIpc) is 2.30. The predicted molar refractivity (Wildman–Crippen MR) is 55.9 cm³/mol. The molecule has 0 bridgehead atoms. The Hall–Kier alpha value is -0.960. The Kier molecular flexibility index (Phi) is 3.31. The molecule has 0 aromatic heterocycles. The van der Waals surface area contributed by atoms with Gasteiger partial charge in [-0.15, -0.1) is 0 Å². The van der Waals surface area contributed by atoms with Crippen molar-refractivity contribution >= 4 is 0 Å². The monoisotopic (exact) mass is 211 g/mol. The Labute approximate surface area is 88.5 Å². The summed E-state index contributed by atoms with van der Waals surface area (Å²) >= 11 is 0. The maximum absolute atomic E-state index is 12.6. The summed E-state index contributed by atoms with van der Waals surface area (Å²) in [5, 5.41) is 3.29. The fourth-order valence-corrected chi connectivity index (χ4v) is 2.12. The van der Waals surface area contributed by atoms with Crippen LogP contribution in [0.1, 0.15) is 24.4 Å². The number of nitrogens with one attached hydrogen (secondary N) is 1. The summed E-state index contributed by atoms with van der Waals surface area (Å²) in [7, 11) is 0. The molecule has 2 rings (SSSR count). The van der Waals surface area contributed by atoms with Crippen molar-refractivity contribution in [1.29, 1.82) is 0 Å². The Morgan fingerprint density at radius 2 is 1.93 bits per heavy atom. The quantitative estimate of drug-likeness (QED) is 0.793. The van der Waals surface area contributed by atoms with Crippen LogP contribution in [0, 0.1) is 5.92 Å². The number of alkyl halides is 2. The van der Waals surface area contributed by atoms with E-state index in [2.05, 4.69) is 5.32 Å². The third-order valence-electron chi connectivity index (χ3n) is 3.00. The zero-order chi connectivity index (χ0) is 10.7. The van der Waals surface area contributed by atoms with Gasteiger partial charge in [0.2, 0.25) is 6.43 Å². The van der Waals surface area contributed by atoms with E-state index in [9.17, 15) is 8.78 Å². The molecule has 1 aliphatic rings. The van der Waals surface area contributed by atoms with Gasteiger partial charge in [0.15, 0.2) is 0 Å². The van der Waals surface area contributed by atoms with Gasteiger partial charge >= 0.3 is 0 Å². The van der Waals surface area contributed by atoms with Crippen molar-refractivity contribution in [3.05, 3.63) is 35.9 Å².